The summed E-state index contributed by atoms with van der Waals surface area (Å²) >= 11 is 0. The molecular formula is C12H8KNO. The van der Waals surface area contributed by atoms with Crippen LogP contribution in [0.25, 0.3) is 21.8 Å². The predicted octanol–water partition coefficient (Wildman–Crippen LogP) is -0.601. The van der Waals surface area contributed by atoms with Crippen molar-refractivity contribution >= 4 is 21.8 Å². The second-order valence-electron chi connectivity index (χ2n) is 3.35. The molecule has 0 amide bonds. The van der Waals surface area contributed by atoms with E-state index in [4.69, 9.17) is 0 Å². The summed E-state index contributed by atoms with van der Waals surface area (Å²) in [6, 6.07) is 13.3. The minimum absolute atomic E-state index is 0. The van der Waals surface area contributed by atoms with E-state index in [9.17, 15) is 5.11 Å². The second kappa shape index (κ2) is 4.27. The molecule has 0 radical (unpaired) electrons. The maximum Gasteiger partial charge on any atom is 1.00 e. The number of aromatic amines is 1. The minimum atomic E-state index is 0. The standard InChI is InChI=1S/C12H9NO.K/c14-11-7-3-5-9-8-4-1-2-6-10(8)13-12(9)11;/h1-7,13-14H;/q;+1/p-1. The van der Waals surface area contributed by atoms with E-state index in [-0.39, 0.29) is 57.1 Å². The minimum Gasteiger partial charge on any atom is -0.871 e. The SMILES string of the molecule is [K+].[O-]c1cccc2c1[nH]c1ccccc12. The topological polar surface area (TPSA) is 38.8 Å². The fourth-order valence-electron chi connectivity index (χ4n) is 1.85. The molecule has 1 aromatic heterocycles. The van der Waals surface area contributed by atoms with Gasteiger partial charge in [-0.05, 0) is 6.07 Å². The van der Waals surface area contributed by atoms with Crippen molar-refractivity contribution in [3.05, 3.63) is 42.5 Å². The molecule has 1 N–H and O–H groups in total. The van der Waals surface area contributed by atoms with Crippen LogP contribution in [0.3, 0.4) is 0 Å². The van der Waals surface area contributed by atoms with Crippen LogP contribution >= 0.6 is 0 Å². The molecule has 15 heavy (non-hydrogen) atoms. The summed E-state index contributed by atoms with van der Waals surface area (Å²) in [7, 11) is 0. The van der Waals surface area contributed by atoms with E-state index in [0.29, 0.717) is 5.52 Å². The molecule has 0 aliphatic carbocycles. The number of H-pyrrole nitrogens is 1. The average Bonchev–Trinajstić information content (AvgIpc) is 2.59. The summed E-state index contributed by atoms with van der Waals surface area (Å²) in [5.74, 6) is 0.0544. The molecule has 3 rings (SSSR count). The zero-order chi connectivity index (χ0) is 9.54. The molecule has 0 aliphatic rings. The Hall–Kier alpha value is -0.324. The number of nitrogens with one attached hydrogen (secondary N) is 1. The van der Waals surface area contributed by atoms with Crippen molar-refractivity contribution in [2.75, 3.05) is 0 Å². The van der Waals surface area contributed by atoms with E-state index < -0.39 is 0 Å². The first-order valence-corrected chi connectivity index (χ1v) is 4.53. The average molecular weight is 221 g/mol. The molecule has 0 fully saturated rings. The maximum atomic E-state index is 11.5. The zero-order valence-electron chi connectivity index (χ0n) is 8.45. The molecule has 3 heteroatoms. The van der Waals surface area contributed by atoms with Gasteiger partial charge in [0.2, 0.25) is 0 Å². The Bertz CT molecular complexity index is 615. The summed E-state index contributed by atoms with van der Waals surface area (Å²) in [5.41, 5.74) is 1.72. The molecule has 0 saturated heterocycles. The molecule has 0 unspecified atom stereocenters. The zero-order valence-corrected chi connectivity index (χ0v) is 11.6. The first kappa shape index (κ1) is 11.2. The van der Waals surface area contributed by atoms with Crippen LogP contribution in [0.2, 0.25) is 0 Å². The number of hydrogen-bond donors (Lipinski definition) is 1. The first-order chi connectivity index (χ1) is 6.86. The van der Waals surface area contributed by atoms with Crippen LogP contribution in [-0.2, 0) is 0 Å². The molecule has 1 heterocycles. The Balaban J connectivity index is 0.000000853. The van der Waals surface area contributed by atoms with E-state index in [1.165, 1.54) is 0 Å². The number of hydrogen-bond acceptors (Lipinski definition) is 1. The Morgan fingerprint density at radius 2 is 1.60 bits per heavy atom. The van der Waals surface area contributed by atoms with Gasteiger partial charge >= 0.3 is 51.4 Å². The van der Waals surface area contributed by atoms with Gasteiger partial charge in [-0.2, -0.15) is 0 Å². The quantitative estimate of drug-likeness (QED) is 0.506. The van der Waals surface area contributed by atoms with Gasteiger partial charge in [-0.3, -0.25) is 0 Å². The normalized spacial score (nSPS) is 10.4. The molecule has 0 aliphatic heterocycles. The van der Waals surface area contributed by atoms with Gasteiger partial charge in [-0.25, -0.2) is 0 Å². The number of benzene rings is 2. The summed E-state index contributed by atoms with van der Waals surface area (Å²) in [6.07, 6.45) is 0. The van der Waals surface area contributed by atoms with Gasteiger partial charge in [-0.15, -0.1) is 0 Å². The number of rotatable bonds is 0. The van der Waals surface area contributed by atoms with Gasteiger partial charge in [-0.1, -0.05) is 42.1 Å². The van der Waals surface area contributed by atoms with Gasteiger partial charge < -0.3 is 10.1 Å². The Labute approximate surface area is 130 Å². The molecule has 3 aromatic rings. The molecular weight excluding hydrogens is 213 g/mol. The summed E-state index contributed by atoms with van der Waals surface area (Å²) in [6.45, 7) is 0. The van der Waals surface area contributed by atoms with Crippen molar-refractivity contribution in [1.82, 2.24) is 4.98 Å². The fraction of sp³-hybridized carbons (Fsp3) is 0. The van der Waals surface area contributed by atoms with Crippen molar-refractivity contribution in [3.8, 4) is 5.75 Å². The fourth-order valence-corrected chi connectivity index (χ4v) is 1.85. The summed E-state index contributed by atoms with van der Waals surface area (Å²) in [4.78, 5) is 3.13. The molecule has 2 nitrogen and oxygen atoms in total. The van der Waals surface area contributed by atoms with E-state index in [0.717, 1.165) is 16.3 Å². The van der Waals surface area contributed by atoms with Crippen molar-refractivity contribution in [3.63, 3.8) is 0 Å². The molecule has 0 spiro atoms. The van der Waals surface area contributed by atoms with E-state index in [1.54, 1.807) is 12.1 Å². The monoisotopic (exact) mass is 221 g/mol. The third-order valence-corrected chi connectivity index (χ3v) is 2.50. The van der Waals surface area contributed by atoms with Crippen molar-refractivity contribution < 1.29 is 56.5 Å². The predicted molar refractivity (Wildman–Crippen MR) is 55.3 cm³/mol. The van der Waals surface area contributed by atoms with Gasteiger partial charge in [0.15, 0.2) is 0 Å². The van der Waals surface area contributed by atoms with Crippen LogP contribution < -0.4 is 56.5 Å². The summed E-state index contributed by atoms with van der Waals surface area (Å²) < 4.78 is 0. The smallest absolute Gasteiger partial charge is 0.871 e. The maximum absolute atomic E-state index is 11.5. The van der Waals surface area contributed by atoms with Crippen molar-refractivity contribution in [2.45, 2.75) is 0 Å². The van der Waals surface area contributed by atoms with Crippen molar-refractivity contribution in [1.29, 1.82) is 0 Å². The van der Waals surface area contributed by atoms with E-state index >= 15 is 0 Å². The second-order valence-corrected chi connectivity index (χ2v) is 3.35. The number of para-hydroxylation sites is 2. The van der Waals surface area contributed by atoms with Crippen LogP contribution in [0.5, 0.6) is 5.75 Å². The van der Waals surface area contributed by atoms with Crippen LogP contribution in [0.1, 0.15) is 0 Å². The Morgan fingerprint density at radius 3 is 2.47 bits per heavy atom. The van der Waals surface area contributed by atoms with Crippen LogP contribution in [0, 0.1) is 0 Å². The largest absolute Gasteiger partial charge is 1.00 e. The molecule has 0 saturated carbocycles. The van der Waals surface area contributed by atoms with E-state index in [1.807, 2.05) is 30.3 Å². The third-order valence-electron chi connectivity index (χ3n) is 2.50. The van der Waals surface area contributed by atoms with E-state index in [2.05, 4.69) is 4.98 Å². The van der Waals surface area contributed by atoms with Crippen LogP contribution in [0.15, 0.2) is 42.5 Å². The summed E-state index contributed by atoms with van der Waals surface area (Å²) in [5, 5.41) is 13.6. The molecule has 0 atom stereocenters. The van der Waals surface area contributed by atoms with Crippen molar-refractivity contribution in [2.24, 2.45) is 0 Å². The molecule has 2 aromatic carbocycles. The number of aromatic nitrogens is 1. The first-order valence-electron chi connectivity index (χ1n) is 4.53. The van der Waals surface area contributed by atoms with Gasteiger partial charge in [0.1, 0.15) is 0 Å². The van der Waals surface area contributed by atoms with Crippen LogP contribution in [-0.4, -0.2) is 4.98 Å². The number of fused-ring (bicyclic) bond motifs is 3. The van der Waals surface area contributed by atoms with Gasteiger partial charge in [0.25, 0.3) is 0 Å². The van der Waals surface area contributed by atoms with Crippen LogP contribution in [0.4, 0.5) is 0 Å². The Morgan fingerprint density at radius 1 is 0.867 bits per heavy atom. The molecule has 68 valence electrons. The Kier molecular flexibility index (Phi) is 3.18. The molecule has 0 bridgehead atoms. The third kappa shape index (κ3) is 1.75. The van der Waals surface area contributed by atoms with Gasteiger partial charge in [0.05, 0.1) is 0 Å². The van der Waals surface area contributed by atoms with Gasteiger partial charge in [0, 0.05) is 21.8 Å².